The summed E-state index contributed by atoms with van der Waals surface area (Å²) in [4.78, 5) is 30.6. The number of aromatic amines is 1. The normalized spacial score (nSPS) is 22.7. The quantitative estimate of drug-likeness (QED) is 0.562. The minimum absolute atomic E-state index is 0.0533. The fourth-order valence-corrected chi connectivity index (χ4v) is 4.97. The number of nitrogens with zero attached hydrogens (tertiary/aromatic N) is 3. The molecule has 3 atom stereocenters. The zero-order chi connectivity index (χ0) is 21.5. The van der Waals surface area contributed by atoms with Crippen LogP contribution in [0.1, 0.15) is 42.9 Å². The number of hydrogen-bond acceptors (Lipinski definition) is 4. The molecule has 158 valence electrons. The van der Waals surface area contributed by atoms with E-state index >= 15 is 0 Å². The summed E-state index contributed by atoms with van der Waals surface area (Å²) >= 11 is 0. The lowest BCUT2D eigenvalue weighted by Crippen LogP contribution is -2.26. The summed E-state index contributed by atoms with van der Waals surface area (Å²) in [6, 6.07) is 7.43. The van der Waals surface area contributed by atoms with Crippen LogP contribution < -0.4 is 10.9 Å². The largest absolute Gasteiger partial charge is 0.481 e. The van der Waals surface area contributed by atoms with Gasteiger partial charge in [0.1, 0.15) is 11.4 Å². The fourth-order valence-electron chi connectivity index (χ4n) is 4.97. The fraction of sp³-hybridized carbons (Fsp3) is 0.391. The molecule has 3 unspecified atom stereocenters. The van der Waals surface area contributed by atoms with Crippen molar-refractivity contribution in [1.29, 1.82) is 0 Å². The van der Waals surface area contributed by atoms with Gasteiger partial charge in [0, 0.05) is 18.3 Å². The Labute approximate surface area is 178 Å². The lowest BCUT2D eigenvalue weighted by molar-refractivity contribution is -0.141. The Morgan fingerprint density at radius 2 is 2.03 bits per heavy atom. The molecule has 0 bridgehead atoms. The molecule has 5 rings (SSSR count). The van der Waals surface area contributed by atoms with Crippen molar-refractivity contribution in [3.05, 3.63) is 63.4 Å². The number of H-pyrrole nitrogens is 1. The molecular weight excluding hydrogens is 394 g/mol. The number of carboxylic acid groups (broad SMARTS) is 1. The van der Waals surface area contributed by atoms with Gasteiger partial charge in [0.2, 0.25) is 6.04 Å². The predicted molar refractivity (Wildman–Crippen MR) is 117 cm³/mol. The van der Waals surface area contributed by atoms with Crippen molar-refractivity contribution in [3.8, 4) is 0 Å². The Morgan fingerprint density at radius 3 is 2.84 bits per heavy atom. The molecule has 3 aromatic rings. The average molecular weight is 417 g/mol. The van der Waals surface area contributed by atoms with E-state index in [0.29, 0.717) is 24.0 Å². The van der Waals surface area contributed by atoms with Gasteiger partial charge in [-0.15, -0.1) is 0 Å². The summed E-state index contributed by atoms with van der Waals surface area (Å²) in [5.74, 6) is -0.701. The van der Waals surface area contributed by atoms with Crippen LogP contribution in [0.25, 0.3) is 15.7 Å². The highest BCUT2D eigenvalue weighted by molar-refractivity contribution is 5.91. The second kappa shape index (κ2) is 7.58. The molecule has 0 spiro atoms. The Hall–Kier alpha value is -3.60. The van der Waals surface area contributed by atoms with Gasteiger partial charge in [-0.2, -0.15) is 5.10 Å². The maximum Gasteiger partial charge on any atom is 0.307 e. The van der Waals surface area contributed by atoms with Crippen molar-refractivity contribution in [2.75, 3.05) is 5.32 Å². The number of hydrogen-bond donors (Lipinski definition) is 3. The first-order chi connectivity index (χ1) is 15.0. The van der Waals surface area contributed by atoms with Crippen LogP contribution in [0.5, 0.6) is 0 Å². The minimum atomic E-state index is -0.774. The number of benzene rings is 1. The van der Waals surface area contributed by atoms with Crippen molar-refractivity contribution < 1.29 is 9.90 Å². The van der Waals surface area contributed by atoms with Crippen LogP contribution >= 0.6 is 0 Å². The van der Waals surface area contributed by atoms with Crippen molar-refractivity contribution in [3.63, 3.8) is 0 Å². The van der Waals surface area contributed by atoms with Gasteiger partial charge in [0.25, 0.3) is 5.56 Å². The number of carboxylic acids is 1. The third-order valence-electron chi connectivity index (χ3n) is 6.55. The monoisotopic (exact) mass is 417 g/mol. The number of nitrogens with one attached hydrogen (secondary N) is 2. The van der Waals surface area contributed by atoms with Crippen molar-refractivity contribution in [1.82, 2.24) is 14.8 Å². The Morgan fingerprint density at radius 1 is 1.23 bits per heavy atom. The highest BCUT2D eigenvalue weighted by atomic mass is 16.4. The molecule has 1 fully saturated rings. The summed E-state index contributed by atoms with van der Waals surface area (Å²) in [5.41, 5.74) is 3.32. The van der Waals surface area contributed by atoms with Gasteiger partial charge < -0.3 is 20.3 Å². The predicted octanol–water partition coefficient (Wildman–Crippen LogP) is 3.67. The zero-order valence-electron chi connectivity index (χ0n) is 17.0. The van der Waals surface area contributed by atoms with E-state index in [0.717, 1.165) is 48.0 Å². The van der Waals surface area contributed by atoms with Crippen molar-refractivity contribution in [2.45, 2.75) is 50.6 Å². The van der Waals surface area contributed by atoms with Gasteiger partial charge in [-0.05, 0) is 55.0 Å². The minimum Gasteiger partial charge on any atom is -0.481 e. The Kier molecular flexibility index (Phi) is 4.74. The molecule has 8 nitrogen and oxygen atoms in total. The standard InChI is InChI=1S/C23H23N5O3/c1-24-17-4-2-3-5-18(17)28-19-8-9-25-22(29)20(19)21(27-28)26-16-7-6-13-10-15(23(30)31)11-14(13)12-16/h6-9,12,15,17-18H,2-5,10-11H2,(H,25,29)(H,26,27)(H,30,31). The first kappa shape index (κ1) is 19.4. The highest BCUT2D eigenvalue weighted by Crippen LogP contribution is 2.35. The summed E-state index contributed by atoms with van der Waals surface area (Å²) in [6.45, 7) is 7.59. The van der Waals surface area contributed by atoms with Gasteiger partial charge in [-0.1, -0.05) is 12.5 Å². The molecule has 2 heterocycles. The third kappa shape index (κ3) is 3.36. The summed E-state index contributed by atoms with van der Waals surface area (Å²) in [5, 5.41) is 17.8. The maximum absolute atomic E-state index is 12.7. The van der Waals surface area contributed by atoms with Crippen LogP contribution in [-0.4, -0.2) is 31.9 Å². The van der Waals surface area contributed by atoms with Crippen molar-refractivity contribution in [2.24, 2.45) is 5.92 Å². The van der Waals surface area contributed by atoms with E-state index in [4.69, 9.17) is 11.7 Å². The van der Waals surface area contributed by atoms with Gasteiger partial charge >= 0.3 is 5.97 Å². The van der Waals surface area contributed by atoms with E-state index in [1.54, 1.807) is 6.20 Å². The molecule has 31 heavy (non-hydrogen) atoms. The topological polar surface area (TPSA) is 104 Å². The second-order valence-corrected chi connectivity index (χ2v) is 8.46. The molecule has 2 aliphatic rings. The van der Waals surface area contributed by atoms with Crippen LogP contribution in [0.15, 0.2) is 35.3 Å². The zero-order valence-corrected chi connectivity index (χ0v) is 17.0. The van der Waals surface area contributed by atoms with E-state index < -0.39 is 5.97 Å². The molecule has 0 radical (unpaired) electrons. The van der Waals surface area contributed by atoms with Crippen molar-refractivity contribution >= 4 is 28.4 Å². The molecule has 0 saturated heterocycles. The van der Waals surface area contributed by atoms with Gasteiger partial charge in [-0.3, -0.25) is 14.3 Å². The lowest BCUT2D eigenvalue weighted by atomic mass is 9.91. The molecule has 2 aliphatic carbocycles. The summed E-state index contributed by atoms with van der Waals surface area (Å²) in [6.07, 6.45) is 6.46. The van der Waals surface area contributed by atoms with Gasteiger partial charge in [-0.25, -0.2) is 6.57 Å². The maximum atomic E-state index is 12.7. The van der Waals surface area contributed by atoms with Gasteiger partial charge in [0.15, 0.2) is 5.82 Å². The second-order valence-electron chi connectivity index (χ2n) is 8.46. The number of pyridine rings is 1. The van der Waals surface area contributed by atoms with E-state index in [2.05, 4.69) is 15.1 Å². The first-order valence-corrected chi connectivity index (χ1v) is 10.6. The number of aliphatic carboxylic acids is 1. The van der Waals surface area contributed by atoms with Crippen LogP contribution in [-0.2, 0) is 17.6 Å². The lowest BCUT2D eigenvalue weighted by Gasteiger charge is -2.24. The molecule has 3 N–H and O–H groups in total. The number of fused-ring (bicyclic) bond motifs is 2. The number of carbonyl (C=O) groups is 1. The van der Waals surface area contributed by atoms with E-state index in [1.165, 1.54) is 0 Å². The first-order valence-electron chi connectivity index (χ1n) is 10.6. The van der Waals surface area contributed by atoms with E-state index in [1.807, 2.05) is 28.9 Å². The van der Waals surface area contributed by atoms with Crippen LogP contribution in [0, 0.1) is 12.5 Å². The Bertz CT molecular complexity index is 1270. The number of anilines is 2. The SMILES string of the molecule is [C-]#[N+]C1CCCCC1n1nc(Nc2ccc3c(c2)CC(C(=O)O)C3)c2c(=O)[nH]ccc21. The third-order valence-corrected chi connectivity index (χ3v) is 6.55. The van der Waals surface area contributed by atoms with Crippen LogP contribution in [0.3, 0.4) is 0 Å². The highest BCUT2D eigenvalue weighted by Gasteiger charge is 2.34. The molecule has 1 aromatic carbocycles. The summed E-state index contributed by atoms with van der Waals surface area (Å²) in [7, 11) is 0. The number of aromatic nitrogens is 3. The van der Waals surface area contributed by atoms with Gasteiger partial charge in [0.05, 0.1) is 11.4 Å². The molecule has 0 aliphatic heterocycles. The molecule has 1 saturated carbocycles. The molecular formula is C23H23N5O3. The van der Waals surface area contributed by atoms with E-state index in [-0.39, 0.29) is 23.6 Å². The molecule has 0 amide bonds. The van der Waals surface area contributed by atoms with Crippen LogP contribution in [0.4, 0.5) is 11.5 Å². The number of rotatable bonds is 4. The summed E-state index contributed by atoms with van der Waals surface area (Å²) < 4.78 is 1.85. The van der Waals surface area contributed by atoms with Crippen LogP contribution in [0.2, 0.25) is 0 Å². The Balaban J connectivity index is 1.53. The smallest absolute Gasteiger partial charge is 0.307 e. The van der Waals surface area contributed by atoms with E-state index in [9.17, 15) is 14.7 Å². The molecule has 8 heteroatoms. The molecule has 2 aromatic heterocycles. The average Bonchev–Trinajstić information content (AvgIpc) is 3.36.